The van der Waals surface area contributed by atoms with E-state index in [1.165, 1.54) is 22.6 Å². The maximum absolute atomic E-state index is 14.8. The molecule has 0 radical (unpaired) electrons. The number of benzene rings is 3. The van der Waals surface area contributed by atoms with Crippen molar-refractivity contribution in [1.29, 1.82) is 5.41 Å². The maximum Gasteiger partial charge on any atom is 0.258 e. The zero-order valence-corrected chi connectivity index (χ0v) is 20.9. The number of pyridine rings is 1. The molecule has 1 heterocycles. The number of hydrogen-bond donors (Lipinski definition) is 4. The molecule has 1 aromatic heterocycles. The van der Waals surface area contributed by atoms with Gasteiger partial charge in [-0.1, -0.05) is 18.2 Å². The molecular weight excluding hydrogens is 461 g/mol. The smallest absolute Gasteiger partial charge is 0.258 e. The van der Waals surface area contributed by atoms with Crippen LogP contribution in [-0.2, 0) is 7.05 Å². The van der Waals surface area contributed by atoms with Crippen LogP contribution in [0.25, 0.3) is 22.0 Å². The molecule has 0 bridgehead atoms. The van der Waals surface area contributed by atoms with Crippen LogP contribution >= 0.6 is 11.9 Å². The first-order chi connectivity index (χ1) is 16.8. The molecule has 0 saturated heterocycles. The van der Waals surface area contributed by atoms with E-state index in [4.69, 9.17) is 10.5 Å². The predicted octanol–water partition coefficient (Wildman–Crippen LogP) is 5.83. The Labute approximate surface area is 208 Å². The fraction of sp³-hybridized carbons (Fsp3) is 0.185. The SMILES string of the molecule is CNc1c(F)cc(-c2cc3c(C(C)Nc4ccccc4SN)cc(C)cc3c(=O)n2C)cc1C=N. The summed E-state index contributed by atoms with van der Waals surface area (Å²) in [4.78, 5) is 14.4. The highest BCUT2D eigenvalue weighted by molar-refractivity contribution is 7.97. The van der Waals surface area contributed by atoms with Crippen LogP contribution in [0.2, 0.25) is 0 Å². The first kappa shape index (κ1) is 24.5. The van der Waals surface area contributed by atoms with Crippen molar-refractivity contribution >= 4 is 40.3 Å². The molecule has 1 atom stereocenters. The zero-order valence-electron chi connectivity index (χ0n) is 20.1. The molecule has 0 saturated carbocycles. The molecule has 0 aliphatic carbocycles. The standard InChI is InChI=1S/C27H28FN5OS/c1-15-9-19(16(2)32-23-7-5-6-8-25(23)35-30)20-13-24(33(4)27(34)21(20)10-15)17-11-18(14-29)26(31-3)22(28)12-17/h5-14,16,29,31-32H,30H2,1-4H3. The third kappa shape index (κ3) is 4.54. The topological polar surface area (TPSA) is 95.9 Å². The van der Waals surface area contributed by atoms with Crippen molar-refractivity contribution in [2.45, 2.75) is 24.8 Å². The lowest BCUT2D eigenvalue weighted by Crippen LogP contribution is -2.20. The van der Waals surface area contributed by atoms with Crippen LogP contribution < -0.4 is 21.3 Å². The molecule has 0 spiro atoms. The molecule has 4 rings (SSSR count). The highest BCUT2D eigenvalue weighted by atomic mass is 32.2. The Morgan fingerprint density at radius 2 is 1.89 bits per heavy atom. The normalized spacial score (nSPS) is 11.9. The molecule has 6 nitrogen and oxygen atoms in total. The molecule has 8 heteroatoms. The van der Waals surface area contributed by atoms with Crippen molar-refractivity contribution < 1.29 is 4.39 Å². The van der Waals surface area contributed by atoms with Gasteiger partial charge in [-0.3, -0.25) is 9.93 Å². The molecule has 180 valence electrons. The molecule has 0 aliphatic heterocycles. The Bertz CT molecular complexity index is 1500. The summed E-state index contributed by atoms with van der Waals surface area (Å²) >= 11 is 1.18. The predicted molar refractivity (Wildman–Crippen MR) is 145 cm³/mol. The molecule has 3 aromatic carbocycles. The summed E-state index contributed by atoms with van der Waals surface area (Å²) < 4.78 is 16.4. The number of nitrogens with zero attached hydrogens (tertiary/aromatic N) is 1. The lowest BCUT2D eigenvalue weighted by Gasteiger charge is -2.21. The monoisotopic (exact) mass is 489 g/mol. The van der Waals surface area contributed by atoms with Gasteiger partial charge in [0.25, 0.3) is 5.56 Å². The van der Waals surface area contributed by atoms with Crippen molar-refractivity contribution in [2.75, 3.05) is 17.7 Å². The maximum atomic E-state index is 14.8. The van der Waals surface area contributed by atoms with E-state index in [0.717, 1.165) is 33.3 Å². The molecular formula is C27H28FN5OS. The fourth-order valence-corrected chi connectivity index (χ4v) is 4.89. The second kappa shape index (κ2) is 9.93. The van der Waals surface area contributed by atoms with Gasteiger partial charge in [0.05, 0.1) is 11.4 Å². The Hall–Kier alpha value is -3.62. The first-order valence-electron chi connectivity index (χ1n) is 11.2. The van der Waals surface area contributed by atoms with E-state index in [2.05, 4.69) is 16.7 Å². The largest absolute Gasteiger partial charge is 0.385 e. The second-order valence-corrected chi connectivity index (χ2v) is 9.18. The molecule has 35 heavy (non-hydrogen) atoms. The summed E-state index contributed by atoms with van der Waals surface area (Å²) in [6.45, 7) is 4.01. The lowest BCUT2D eigenvalue weighted by atomic mass is 9.95. The van der Waals surface area contributed by atoms with Crippen molar-refractivity contribution in [3.63, 3.8) is 0 Å². The van der Waals surface area contributed by atoms with E-state index in [1.807, 2.05) is 50.2 Å². The van der Waals surface area contributed by atoms with Gasteiger partial charge >= 0.3 is 0 Å². The Kier molecular flexibility index (Phi) is 6.95. The molecule has 1 unspecified atom stereocenters. The van der Waals surface area contributed by atoms with Crippen LogP contribution in [0.3, 0.4) is 0 Å². The van der Waals surface area contributed by atoms with E-state index < -0.39 is 5.82 Å². The van der Waals surface area contributed by atoms with E-state index in [-0.39, 0.29) is 17.3 Å². The van der Waals surface area contributed by atoms with Crippen LogP contribution in [-0.4, -0.2) is 17.8 Å². The number of nitrogens with two attached hydrogens (primary N) is 1. The minimum atomic E-state index is -0.480. The summed E-state index contributed by atoms with van der Waals surface area (Å²) in [6, 6.07) is 16.7. The van der Waals surface area contributed by atoms with E-state index in [0.29, 0.717) is 22.2 Å². The van der Waals surface area contributed by atoms with E-state index in [9.17, 15) is 9.18 Å². The first-order valence-corrected chi connectivity index (χ1v) is 12.1. The summed E-state index contributed by atoms with van der Waals surface area (Å²) in [5, 5.41) is 21.3. The number of aromatic nitrogens is 1. The number of rotatable bonds is 7. The summed E-state index contributed by atoms with van der Waals surface area (Å²) in [6.07, 6.45) is 1.10. The highest BCUT2D eigenvalue weighted by Gasteiger charge is 2.18. The summed E-state index contributed by atoms with van der Waals surface area (Å²) in [7, 11) is 3.30. The third-order valence-corrected chi connectivity index (χ3v) is 6.82. The molecule has 0 amide bonds. The second-order valence-electron chi connectivity index (χ2n) is 8.51. The van der Waals surface area contributed by atoms with Crippen molar-refractivity contribution in [3.05, 3.63) is 87.5 Å². The van der Waals surface area contributed by atoms with Gasteiger partial charge in [0.15, 0.2) is 0 Å². The molecule has 0 fully saturated rings. The van der Waals surface area contributed by atoms with Gasteiger partial charge in [0.2, 0.25) is 0 Å². The minimum Gasteiger partial charge on any atom is -0.385 e. The average molecular weight is 490 g/mol. The van der Waals surface area contributed by atoms with Crippen molar-refractivity contribution in [1.82, 2.24) is 4.57 Å². The molecule has 5 N–H and O–H groups in total. The van der Waals surface area contributed by atoms with Gasteiger partial charge in [-0.05, 0) is 78.7 Å². The number of fused-ring (bicyclic) bond motifs is 1. The Morgan fingerprint density at radius 1 is 1.14 bits per heavy atom. The Morgan fingerprint density at radius 3 is 2.57 bits per heavy atom. The molecule has 0 aliphatic rings. The van der Waals surface area contributed by atoms with Crippen molar-refractivity contribution in [3.8, 4) is 11.3 Å². The van der Waals surface area contributed by atoms with Gasteiger partial charge in [-0.2, -0.15) is 0 Å². The van der Waals surface area contributed by atoms with Gasteiger partial charge in [-0.25, -0.2) is 4.39 Å². The summed E-state index contributed by atoms with van der Waals surface area (Å²) in [5.74, 6) is -0.480. The number of para-hydroxylation sites is 1. The average Bonchev–Trinajstić information content (AvgIpc) is 2.85. The number of aryl methyl sites for hydroxylation is 1. The fourth-order valence-electron chi connectivity index (χ4n) is 4.48. The number of nitrogens with one attached hydrogen (secondary N) is 3. The van der Waals surface area contributed by atoms with Gasteiger partial charge in [0, 0.05) is 53.4 Å². The van der Waals surface area contributed by atoms with Crippen LogP contribution in [0.15, 0.2) is 64.3 Å². The van der Waals surface area contributed by atoms with Crippen LogP contribution in [0.1, 0.15) is 29.7 Å². The van der Waals surface area contributed by atoms with Gasteiger partial charge in [0.1, 0.15) is 5.82 Å². The van der Waals surface area contributed by atoms with E-state index >= 15 is 0 Å². The van der Waals surface area contributed by atoms with Gasteiger partial charge in [-0.15, -0.1) is 0 Å². The quantitative estimate of drug-likeness (QED) is 0.193. The van der Waals surface area contributed by atoms with Crippen LogP contribution in [0.5, 0.6) is 0 Å². The number of hydrogen-bond acceptors (Lipinski definition) is 6. The van der Waals surface area contributed by atoms with E-state index in [1.54, 1.807) is 20.2 Å². The highest BCUT2D eigenvalue weighted by Crippen LogP contribution is 2.33. The van der Waals surface area contributed by atoms with Crippen LogP contribution in [0.4, 0.5) is 15.8 Å². The Balaban J connectivity index is 1.92. The minimum absolute atomic E-state index is 0.133. The zero-order chi connectivity index (χ0) is 25.3. The van der Waals surface area contributed by atoms with Crippen LogP contribution in [0, 0.1) is 18.2 Å². The lowest BCUT2D eigenvalue weighted by molar-refractivity contribution is 0.631. The number of halogens is 1. The molecule has 4 aromatic rings. The van der Waals surface area contributed by atoms with Crippen molar-refractivity contribution in [2.24, 2.45) is 12.2 Å². The summed E-state index contributed by atoms with van der Waals surface area (Å²) in [5.41, 5.74) is 4.43. The number of anilines is 2. The third-order valence-electron chi connectivity index (χ3n) is 6.21. The van der Waals surface area contributed by atoms with Gasteiger partial charge < -0.3 is 20.6 Å².